The topological polar surface area (TPSA) is 115 Å². The van der Waals surface area contributed by atoms with Crippen LogP contribution in [0, 0.1) is 0 Å². The maximum atomic E-state index is 10.6. The molecule has 0 fully saturated rings. The number of aromatic carboxylic acids is 1. The average Bonchev–Trinajstić information content (AvgIpc) is 2.01. The molecule has 0 radical (unpaired) electrons. The molecule has 0 aliphatic heterocycles. The van der Waals surface area contributed by atoms with Gasteiger partial charge in [0.2, 0.25) is 0 Å². The van der Waals surface area contributed by atoms with Crippen LogP contribution in [0.15, 0.2) is 23.1 Å². The molecule has 1 rings (SSSR count). The second kappa shape index (κ2) is 4.95. The first-order chi connectivity index (χ1) is 6.34. The Hall–Kier alpha value is -0.600. The van der Waals surface area contributed by atoms with Crippen molar-refractivity contribution in [1.82, 2.24) is 0 Å². The molecule has 0 bridgehead atoms. The van der Waals surface area contributed by atoms with Crippen LogP contribution < -0.4 is 34.7 Å². The van der Waals surface area contributed by atoms with Gasteiger partial charge in [0.15, 0.2) is 0 Å². The van der Waals surface area contributed by atoms with Crippen LogP contribution in [0.2, 0.25) is 0 Å². The largest absolute Gasteiger partial charge is 1.00 e. The van der Waals surface area contributed by atoms with Crippen LogP contribution in [0.4, 0.5) is 0 Å². The first kappa shape index (κ1) is 14.4. The molecule has 15 heavy (non-hydrogen) atoms. The molecule has 0 aromatic heterocycles. The summed E-state index contributed by atoms with van der Waals surface area (Å²) in [5.41, 5.74) is -0.694. The predicted octanol–water partition coefficient (Wildman–Crippen LogP) is -3.99. The van der Waals surface area contributed by atoms with Crippen molar-refractivity contribution in [3.8, 4) is 5.75 Å². The molecule has 0 unspecified atom stereocenters. The zero-order chi connectivity index (χ0) is 10.9. The quantitative estimate of drug-likeness (QED) is 0.402. The third kappa shape index (κ3) is 3.18. The molecule has 0 aliphatic rings. The molecule has 0 saturated carbocycles. The number of hydrogen-bond acceptors (Lipinski definition) is 5. The van der Waals surface area contributed by atoms with E-state index in [9.17, 15) is 18.3 Å². The summed E-state index contributed by atoms with van der Waals surface area (Å²) in [7, 11) is -4.63. The van der Waals surface area contributed by atoms with Crippen LogP contribution in [0.25, 0.3) is 0 Å². The molecule has 0 atom stereocenters. The van der Waals surface area contributed by atoms with E-state index < -0.39 is 32.3 Å². The van der Waals surface area contributed by atoms with Crippen molar-refractivity contribution in [2.45, 2.75) is 4.90 Å². The molecule has 0 saturated heterocycles. The van der Waals surface area contributed by atoms with Crippen LogP contribution in [0.3, 0.4) is 0 Å². The van der Waals surface area contributed by atoms with Gasteiger partial charge in [0, 0.05) is 5.56 Å². The number of benzene rings is 1. The zero-order valence-corrected chi connectivity index (χ0v) is 10.5. The van der Waals surface area contributed by atoms with Crippen molar-refractivity contribution in [2.75, 3.05) is 0 Å². The smallest absolute Gasteiger partial charge is 0.545 e. The maximum Gasteiger partial charge on any atom is 1.00 e. The number of carboxylic acids is 1. The molecule has 0 amide bonds. The van der Waals surface area contributed by atoms with Gasteiger partial charge in [-0.25, -0.2) is 0 Å². The molecule has 0 spiro atoms. The second-order valence-corrected chi connectivity index (χ2v) is 3.80. The molecular weight excluding hydrogens is 235 g/mol. The Morgan fingerprint density at radius 1 is 1.33 bits per heavy atom. The van der Waals surface area contributed by atoms with Crippen LogP contribution in [0.1, 0.15) is 10.4 Å². The minimum absolute atomic E-state index is 0. The first-order valence-electron chi connectivity index (χ1n) is 3.35. The number of para-hydroxylation sites is 1. The second-order valence-electron chi connectivity index (χ2n) is 2.41. The van der Waals surface area contributed by atoms with Gasteiger partial charge in [-0.15, -0.1) is 0 Å². The number of carbonyl (C=O) groups excluding carboxylic acids is 1. The predicted molar refractivity (Wildman–Crippen MR) is 42.3 cm³/mol. The van der Waals surface area contributed by atoms with E-state index in [1.807, 2.05) is 0 Å². The van der Waals surface area contributed by atoms with Crippen LogP contribution >= 0.6 is 0 Å². The minimum atomic E-state index is -4.63. The monoisotopic (exact) mass is 240 g/mol. The van der Waals surface area contributed by atoms with Crippen molar-refractivity contribution < 1.29 is 57.5 Å². The summed E-state index contributed by atoms with van der Waals surface area (Å²) in [4.78, 5) is 9.49. The fraction of sp³-hybridized carbons (Fsp3) is 0. The summed E-state index contributed by atoms with van der Waals surface area (Å²) in [6.07, 6.45) is 0. The van der Waals surface area contributed by atoms with Crippen molar-refractivity contribution in [2.24, 2.45) is 0 Å². The zero-order valence-electron chi connectivity index (χ0n) is 7.67. The van der Waals surface area contributed by atoms with Crippen LogP contribution in [0.5, 0.6) is 5.75 Å². The number of aromatic hydroxyl groups is 1. The Labute approximate surface area is 108 Å². The Bertz CT molecular complexity index is 480. The number of rotatable bonds is 2. The van der Waals surface area contributed by atoms with Gasteiger partial charge >= 0.3 is 29.6 Å². The summed E-state index contributed by atoms with van der Waals surface area (Å²) in [5.74, 6) is -2.76. The van der Waals surface area contributed by atoms with Crippen molar-refractivity contribution in [1.29, 1.82) is 0 Å². The molecule has 1 aromatic carbocycles. The third-order valence-corrected chi connectivity index (χ3v) is 2.38. The molecule has 76 valence electrons. The van der Waals surface area contributed by atoms with E-state index in [2.05, 4.69) is 0 Å². The van der Waals surface area contributed by atoms with E-state index in [0.29, 0.717) is 0 Å². The molecule has 6 nitrogen and oxygen atoms in total. The van der Waals surface area contributed by atoms with E-state index in [4.69, 9.17) is 9.66 Å². The van der Waals surface area contributed by atoms with Gasteiger partial charge in [-0.3, -0.25) is 4.55 Å². The maximum absolute atomic E-state index is 10.6. The van der Waals surface area contributed by atoms with Gasteiger partial charge in [-0.1, -0.05) is 6.07 Å². The molecule has 0 heterocycles. The van der Waals surface area contributed by atoms with Gasteiger partial charge in [-0.2, -0.15) is 8.42 Å². The van der Waals surface area contributed by atoms with Gasteiger partial charge in [-0.05, 0) is 12.1 Å². The third-order valence-electron chi connectivity index (χ3n) is 1.50. The van der Waals surface area contributed by atoms with Crippen molar-refractivity contribution in [3.05, 3.63) is 23.8 Å². The standard InChI is InChI=1S/C7H6O6S.Na/c8-6-4(7(9)10)2-1-3-5(6)14(11,12)13;/h1-3,8H,(H,9,10)(H,11,12,13);/q;+1/p-1. The summed E-state index contributed by atoms with van der Waals surface area (Å²) in [6.45, 7) is 0. The van der Waals surface area contributed by atoms with Crippen LogP contribution in [-0.2, 0) is 10.1 Å². The molecule has 2 N–H and O–H groups in total. The van der Waals surface area contributed by atoms with Crippen molar-refractivity contribution >= 4 is 16.1 Å². The number of phenols is 1. The SMILES string of the molecule is O=C([O-])c1cccc(S(=O)(=O)O)c1O.[Na+]. The average molecular weight is 240 g/mol. The molecular formula is C7H5NaO6S. The van der Waals surface area contributed by atoms with Gasteiger partial charge in [0.1, 0.15) is 10.6 Å². The van der Waals surface area contributed by atoms with Gasteiger partial charge in [0.25, 0.3) is 10.1 Å². The van der Waals surface area contributed by atoms with E-state index in [1.165, 1.54) is 0 Å². The Morgan fingerprint density at radius 3 is 2.27 bits per heavy atom. The molecule has 1 aromatic rings. The number of carbonyl (C=O) groups is 1. The van der Waals surface area contributed by atoms with E-state index in [0.717, 1.165) is 18.2 Å². The minimum Gasteiger partial charge on any atom is -0.545 e. The number of carboxylic acid groups (broad SMARTS) is 1. The normalized spacial score (nSPS) is 10.5. The van der Waals surface area contributed by atoms with Crippen LogP contribution in [-0.4, -0.2) is 24.0 Å². The fourth-order valence-electron chi connectivity index (χ4n) is 0.895. The molecule has 0 aliphatic carbocycles. The van der Waals surface area contributed by atoms with Gasteiger partial charge < -0.3 is 15.0 Å². The summed E-state index contributed by atoms with van der Waals surface area (Å²) in [6, 6.07) is 2.89. The summed E-state index contributed by atoms with van der Waals surface area (Å²) < 4.78 is 29.8. The first-order valence-corrected chi connectivity index (χ1v) is 4.79. The summed E-state index contributed by atoms with van der Waals surface area (Å²) >= 11 is 0. The summed E-state index contributed by atoms with van der Waals surface area (Å²) in [5, 5.41) is 19.5. The Balaban J connectivity index is 0.00000196. The Morgan fingerprint density at radius 2 is 1.87 bits per heavy atom. The Kier molecular flexibility index (Phi) is 4.75. The van der Waals surface area contributed by atoms with E-state index in [1.54, 1.807) is 0 Å². The van der Waals surface area contributed by atoms with Crippen molar-refractivity contribution in [3.63, 3.8) is 0 Å². The van der Waals surface area contributed by atoms with E-state index in [-0.39, 0.29) is 29.6 Å². The number of hydrogen-bond donors (Lipinski definition) is 2. The van der Waals surface area contributed by atoms with Gasteiger partial charge in [0.05, 0.1) is 5.97 Å². The van der Waals surface area contributed by atoms with E-state index >= 15 is 0 Å². The molecule has 8 heteroatoms. The fourth-order valence-corrected chi connectivity index (χ4v) is 1.50.